The van der Waals surface area contributed by atoms with Crippen molar-refractivity contribution in [1.82, 2.24) is 19.4 Å². The summed E-state index contributed by atoms with van der Waals surface area (Å²) in [5.74, 6) is 0.376. The highest BCUT2D eigenvalue weighted by molar-refractivity contribution is 5.81. The van der Waals surface area contributed by atoms with Gasteiger partial charge in [0.2, 0.25) is 5.95 Å². The molecule has 3 aromatic rings. The maximum absolute atomic E-state index is 5.66. The number of anilines is 1. The molecule has 112 valence electrons. The topological polar surface area (TPSA) is 60.0 Å². The number of rotatable bonds is 2. The van der Waals surface area contributed by atoms with Crippen molar-refractivity contribution in [3.8, 4) is 0 Å². The third-order valence-corrected chi connectivity index (χ3v) is 4.47. The van der Waals surface area contributed by atoms with Crippen molar-refractivity contribution in [2.75, 3.05) is 12.3 Å². The van der Waals surface area contributed by atoms with Crippen LogP contribution in [0.25, 0.3) is 10.9 Å². The summed E-state index contributed by atoms with van der Waals surface area (Å²) in [4.78, 5) is 10.9. The molecule has 3 heterocycles. The summed E-state index contributed by atoms with van der Waals surface area (Å²) >= 11 is 0. The van der Waals surface area contributed by atoms with E-state index in [1.807, 2.05) is 6.20 Å². The van der Waals surface area contributed by atoms with Gasteiger partial charge in [-0.15, -0.1) is 0 Å². The van der Waals surface area contributed by atoms with E-state index in [9.17, 15) is 0 Å². The maximum atomic E-state index is 5.66. The van der Waals surface area contributed by atoms with Crippen molar-refractivity contribution in [3.05, 3.63) is 53.5 Å². The second kappa shape index (κ2) is 5.10. The van der Waals surface area contributed by atoms with Crippen LogP contribution in [0, 0.1) is 0 Å². The summed E-state index contributed by atoms with van der Waals surface area (Å²) in [7, 11) is 2.14. The van der Waals surface area contributed by atoms with Gasteiger partial charge in [-0.2, -0.15) is 0 Å². The van der Waals surface area contributed by atoms with E-state index in [1.54, 1.807) is 0 Å². The number of fused-ring (bicyclic) bond motifs is 2. The second-order valence-electron chi connectivity index (χ2n) is 5.91. The minimum Gasteiger partial charge on any atom is -0.368 e. The molecule has 0 fully saturated rings. The lowest BCUT2D eigenvalue weighted by atomic mass is 10.1. The Labute approximate surface area is 129 Å². The van der Waals surface area contributed by atoms with E-state index in [2.05, 4.69) is 56.8 Å². The van der Waals surface area contributed by atoms with E-state index >= 15 is 0 Å². The highest BCUT2D eigenvalue weighted by Crippen LogP contribution is 2.22. The smallest absolute Gasteiger partial charge is 0.220 e. The summed E-state index contributed by atoms with van der Waals surface area (Å²) in [5, 5.41) is 1.30. The quantitative estimate of drug-likeness (QED) is 0.786. The fraction of sp³-hybridized carbons (Fsp3) is 0.294. The first kappa shape index (κ1) is 13.3. The number of aromatic nitrogens is 3. The van der Waals surface area contributed by atoms with Gasteiger partial charge in [-0.1, -0.05) is 18.2 Å². The summed E-state index contributed by atoms with van der Waals surface area (Å²) in [6.45, 7) is 2.83. The minimum atomic E-state index is 0.376. The van der Waals surface area contributed by atoms with Crippen LogP contribution < -0.4 is 5.73 Å². The average molecular weight is 293 g/mol. The van der Waals surface area contributed by atoms with Gasteiger partial charge in [0, 0.05) is 56.1 Å². The van der Waals surface area contributed by atoms with Crippen molar-refractivity contribution in [2.45, 2.75) is 19.5 Å². The Bertz CT molecular complexity index is 836. The second-order valence-corrected chi connectivity index (χ2v) is 5.91. The van der Waals surface area contributed by atoms with Crippen LogP contribution in [0.2, 0.25) is 0 Å². The highest BCUT2D eigenvalue weighted by atomic mass is 15.2. The Kier molecular flexibility index (Phi) is 3.08. The molecular formula is C17H19N5. The molecule has 2 N–H and O–H groups in total. The molecule has 2 aromatic heterocycles. The summed E-state index contributed by atoms with van der Waals surface area (Å²) in [6, 6.07) is 10.8. The Morgan fingerprint density at radius 3 is 3.00 bits per heavy atom. The van der Waals surface area contributed by atoms with Gasteiger partial charge in [0.1, 0.15) is 0 Å². The van der Waals surface area contributed by atoms with Gasteiger partial charge in [0.05, 0.1) is 5.69 Å². The number of hydrogen-bond acceptors (Lipinski definition) is 4. The van der Waals surface area contributed by atoms with E-state index in [4.69, 9.17) is 5.73 Å². The molecule has 0 spiro atoms. The summed E-state index contributed by atoms with van der Waals surface area (Å²) in [6.07, 6.45) is 2.80. The van der Waals surface area contributed by atoms with Crippen LogP contribution in [0.5, 0.6) is 0 Å². The Balaban J connectivity index is 1.59. The van der Waals surface area contributed by atoms with E-state index in [-0.39, 0.29) is 0 Å². The molecule has 0 saturated carbocycles. The molecule has 5 nitrogen and oxygen atoms in total. The van der Waals surface area contributed by atoms with Crippen LogP contribution >= 0.6 is 0 Å². The Hall–Kier alpha value is -2.40. The van der Waals surface area contributed by atoms with Crippen LogP contribution in [-0.2, 0) is 26.6 Å². The predicted molar refractivity (Wildman–Crippen MR) is 87.2 cm³/mol. The maximum Gasteiger partial charge on any atom is 0.220 e. The van der Waals surface area contributed by atoms with E-state index < -0.39 is 0 Å². The lowest BCUT2D eigenvalue weighted by molar-refractivity contribution is 0.238. The molecular weight excluding hydrogens is 274 g/mol. The molecule has 0 bridgehead atoms. The molecule has 0 amide bonds. The fourth-order valence-electron chi connectivity index (χ4n) is 3.25. The van der Waals surface area contributed by atoms with Gasteiger partial charge in [-0.25, -0.2) is 9.97 Å². The third-order valence-electron chi connectivity index (χ3n) is 4.47. The SMILES string of the molecule is Cn1c(CN2CCc3nc(N)ncc3C2)cc2ccccc21. The Morgan fingerprint density at radius 2 is 2.14 bits per heavy atom. The van der Waals surface area contributed by atoms with Gasteiger partial charge in [-0.05, 0) is 17.5 Å². The van der Waals surface area contributed by atoms with Crippen LogP contribution in [0.3, 0.4) is 0 Å². The van der Waals surface area contributed by atoms with Crippen molar-refractivity contribution in [3.63, 3.8) is 0 Å². The molecule has 4 rings (SSSR count). The summed E-state index contributed by atoms with van der Waals surface area (Å²) in [5.41, 5.74) is 10.6. The van der Waals surface area contributed by atoms with Gasteiger partial charge >= 0.3 is 0 Å². The fourth-order valence-corrected chi connectivity index (χ4v) is 3.25. The average Bonchev–Trinajstić information content (AvgIpc) is 2.84. The zero-order chi connectivity index (χ0) is 15.1. The van der Waals surface area contributed by atoms with Crippen LogP contribution in [-0.4, -0.2) is 26.0 Å². The van der Waals surface area contributed by atoms with Crippen molar-refractivity contribution in [2.24, 2.45) is 7.05 Å². The Morgan fingerprint density at radius 1 is 1.27 bits per heavy atom. The number of aryl methyl sites for hydroxylation is 1. The number of nitrogens with zero attached hydrogens (tertiary/aromatic N) is 4. The predicted octanol–water partition coefficient (Wildman–Crippen LogP) is 2.11. The minimum absolute atomic E-state index is 0.376. The van der Waals surface area contributed by atoms with Gasteiger partial charge in [0.25, 0.3) is 0 Å². The summed E-state index contributed by atoms with van der Waals surface area (Å²) < 4.78 is 2.28. The molecule has 0 unspecified atom stereocenters. The zero-order valence-corrected chi connectivity index (χ0v) is 12.7. The first-order valence-electron chi connectivity index (χ1n) is 7.56. The lowest BCUT2D eigenvalue weighted by Crippen LogP contribution is -2.31. The van der Waals surface area contributed by atoms with Gasteiger partial charge in [-0.3, -0.25) is 4.90 Å². The van der Waals surface area contributed by atoms with Crippen LogP contribution in [0.1, 0.15) is 17.0 Å². The standard InChI is InChI=1S/C17H19N5/c1-21-14(8-12-4-2-3-5-16(12)21)11-22-7-6-15-13(10-22)9-19-17(18)20-15/h2-5,8-9H,6-7,10-11H2,1H3,(H2,18,19,20). The van der Waals surface area contributed by atoms with Crippen molar-refractivity contribution >= 4 is 16.9 Å². The highest BCUT2D eigenvalue weighted by Gasteiger charge is 2.19. The third kappa shape index (κ3) is 2.23. The molecule has 0 atom stereocenters. The normalized spacial score (nSPS) is 15.1. The van der Waals surface area contributed by atoms with Crippen molar-refractivity contribution in [1.29, 1.82) is 0 Å². The monoisotopic (exact) mass is 293 g/mol. The van der Waals surface area contributed by atoms with Crippen LogP contribution in [0.4, 0.5) is 5.95 Å². The lowest BCUT2D eigenvalue weighted by Gasteiger charge is -2.27. The van der Waals surface area contributed by atoms with Crippen molar-refractivity contribution < 1.29 is 0 Å². The number of nitrogens with two attached hydrogens (primary N) is 1. The number of para-hydroxylation sites is 1. The largest absolute Gasteiger partial charge is 0.368 e. The molecule has 22 heavy (non-hydrogen) atoms. The van der Waals surface area contributed by atoms with E-state index in [1.165, 1.54) is 22.2 Å². The first-order chi connectivity index (χ1) is 10.7. The molecule has 0 aliphatic carbocycles. The van der Waals surface area contributed by atoms with E-state index in [0.29, 0.717) is 5.95 Å². The number of nitrogen functional groups attached to an aromatic ring is 1. The number of hydrogen-bond donors (Lipinski definition) is 1. The van der Waals surface area contributed by atoms with Gasteiger partial charge in [0.15, 0.2) is 0 Å². The molecule has 1 aliphatic rings. The molecule has 5 heteroatoms. The molecule has 1 aromatic carbocycles. The van der Waals surface area contributed by atoms with Gasteiger partial charge < -0.3 is 10.3 Å². The van der Waals surface area contributed by atoms with E-state index in [0.717, 1.165) is 31.7 Å². The molecule has 1 aliphatic heterocycles. The zero-order valence-electron chi connectivity index (χ0n) is 12.7. The molecule has 0 radical (unpaired) electrons. The first-order valence-corrected chi connectivity index (χ1v) is 7.56. The molecule has 0 saturated heterocycles. The number of benzene rings is 1. The van der Waals surface area contributed by atoms with Crippen LogP contribution in [0.15, 0.2) is 36.5 Å².